The quantitative estimate of drug-likeness (QED) is 0.572. The Hall–Kier alpha value is -0.610. The van der Waals surface area contributed by atoms with Crippen molar-refractivity contribution in [2.24, 2.45) is 11.7 Å². The smallest absolute Gasteiger partial charge is 0.320 e. The van der Waals surface area contributed by atoms with E-state index in [9.17, 15) is 4.79 Å². The second-order valence-electron chi connectivity index (χ2n) is 2.25. The second kappa shape index (κ2) is 5.20. The maximum atomic E-state index is 10.2. The molecule has 0 unspecified atom stereocenters. The molecule has 4 heteroatoms. The number of carboxylic acids is 1. The van der Waals surface area contributed by atoms with Gasteiger partial charge in [0.15, 0.2) is 0 Å². The van der Waals surface area contributed by atoms with Crippen molar-refractivity contribution in [3.63, 3.8) is 0 Å². The Kier molecular flexibility index (Phi) is 6.29. The molecule has 10 heavy (non-hydrogen) atoms. The molecule has 5 N–H and O–H groups in total. The summed E-state index contributed by atoms with van der Waals surface area (Å²) in [4.78, 5) is 10.2. The largest absolute Gasteiger partial charge is 0.480 e. The molecular formula is C6H15NO3. The molecule has 0 saturated heterocycles. The minimum atomic E-state index is -0.913. The lowest BCUT2D eigenvalue weighted by molar-refractivity contribution is -0.139. The van der Waals surface area contributed by atoms with Crippen LogP contribution in [0.25, 0.3) is 0 Å². The van der Waals surface area contributed by atoms with Crippen molar-refractivity contribution in [2.45, 2.75) is 26.3 Å². The highest BCUT2D eigenvalue weighted by Gasteiger charge is 2.17. The van der Waals surface area contributed by atoms with Crippen LogP contribution in [0.15, 0.2) is 0 Å². The Labute approximate surface area is 60.3 Å². The molecule has 4 nitrogen and oxygen atoms in total. The van der Waals surface area contributed by atoms with Crippen molar-refractivity contribution < 1.29 is 15.4 Å². The fourth-order valence-corrected chi connectivity index (χ4v) is 0.497. The van der Waals surface area contributed by atoms with E-state index < -0.39 is 12.0 Å². The van der Waals surface area contributed by atoms with Gasteiger partial charge in [0.05, 0.1) is 0 Å². The topological polar surface area (TPSA) is 94.8 Å². The van der Waals surface area contributed by atoms with Gasteiger partial charge in [-0.15, -0.1) is 0 Å². The van der Waals surface area contributed by atoms with Crippen LogP contribution in [0.3, 0.4) is 0 Å². The third-order valence-electron chi connectivity index (χ3n) is 1.54. The molecule has 0 bridgehead atoms. The van der Waals surface area contributed by atoms with Gasteiger partial charge in [-0.25, -0.2) is 0 Å². The first kappa shape index (κ1) is 12.1. The molecule has 0 aliphatic rings. The second-order valence-corrected chi connectivity index (χ2v) is 2.25. The molecule has 0 aliphatic carbocycles. The lowest BCUT2D eigenvalue weighted by atomic mass is 10.0. The molecule has 0 rings (SSSR count). The summed E-state index contributed by atoms with van der Waals surface area (Å²) in [7, 11) is 0. The lowest BCUT2D eigenvalue weighted by Gasteiger charge is -2.11. The molecule has 0 amide bonds. The first-order valence-corrected chi connectivity index (χ1v) is 3.08. The molecule has 0 aliphatic heterocycles. The predicted molar refractivity (Wildman–Crippen MR) is 38.7 cm³/mol. The summed E-state index contributed by atoms with van der Waals surface area (Å²) in [5, 5.41) is 8.36. The maximum Gasteiger partial charge on any atom is 0.320 e. The summed E-state index contributed by atoms with van der Waals surface area (Å²) in [6.45, 7) is 3.76. The van der Waals surface area contributed by atoms with Crippen LogP contribution in [0.5, 0.6) is 0 Å². The minimum absolute atomic E-state index is 0. The van der Waals surface area contributed by atoms with Gasteiger partial charge in [-0.3, -0.25) is 4.79 Å². The van der Waals surface area contributed by atoms with Gasteiger partial charge in [-0.2, -0.15) is 0 Å². The van der Waals surface area contributed by atoms with Gasteiger partial charge in [0.2, 0.25) is 0 Å². The molecule has 0 radical (unpaired) electrons. The first-order valence-electron chi connectivity index (χ1n) is 3.08. The van der Waals surface area contributed by atoms with E-state index >= 15 is 0 Å². The fraction of sp³-hybridized carbons (Fsp3) is 0.833. The van der Waals surface area contributed by atoms with Crippen LogP contribution >= 0.6 is 0 Å². The van der Waals surface area contributed by atoms with Crippen molar-refractivity contribution in [1.82, 2.24) is 0 Å². The summed E-state index contributed by atoms with van der Waals surface area (Å²) < 4.78 is 0. The third kappa shape index (κ3) is 3.42. The number of hydrogen-bond donors (Lipinski definition) is 2. The van der Waals surface area contributed by atoms with E-state index in [0.29, 0.717) is 0 Å². The molecule has 0 fully saturated rings. The first-order chi connectivity index (χ1) is 4.09. The van der Waals surface area contributed by atoms with Crippen molar-refractivity contribution >= 4 is 5.97 Å². The molecule has 0 saturated carbocycles. The van der Waals surface area contributed by atoms with Crippen LogP contribution < -0.4 is 5.73 Å². The van der Waals surface area contributed by atoms with Crippen LogP contribution in [-0.2, 0) is 4.79 Å². The highest BCUT2D eigenvalue weighted by atomic mass is 16.4. The molecule has 0 spiro atoms. The number of carboxylic acid groups (broad SMARTS) is 1. The maximum absolute atomic E-state index is 10.2. The molecule has 0 aromatic heterocycles. The van der Waals surface area contributed by atoms with Crippen molar-refractivity contribution in [3.05, 3.63) is 0 Å². The number of aliphatic carboxylic acids is 1. The SMILES string of the molecule is CC[C@H](C)[C@H](N)C(=O)O.O. The normalized spacial score (nSPS) is 15.1. The third-order valence-corrected chi connectivity index (χ3v) is 1.54. The van der Waals surface area contributed by atoms with Gasteiger partial charge >= 0.3 is 5.97 Å². The van der Waals surface area contributed by atoms with Gasteiger partial charge in [0.1, 0.15) is 6.04 Å². The zero-order chi connectivity index (χ0) is 7.44. The average Bonchev–Trinajstić information content (AvgIpc) is 1.84. The fourth-order valence-electron chi connectivity index (χ4n) is 0.497. The van der Waals surface area contributed by atoms with Gasteiger partial charge < -0.3 is 16.3 Å². The Bertz CT molecular complexity index is 105. The Balaban J connectivity index is 0. The highest BCUT2D eigenvalue weighted by Crippen LogP contribution is 2.04. The highest BCUT2D eigenvalue weighted by molar-refractivity contribution is 5.73. The lowest BCUT2D eigenvalue weighted by Crippen LogP contribution is -2.36. The van der Waals surface area contributed by atoms with E-state index in [2.05, 4.69) is 0 Å². The van der Waals surface area contributed by atoms with Crippen molar-refractivity contribution in [2.75, 3.05) is 0 Å². The van der Waals surface area contributed by atoms with Crippen LogP contribution in [-0.4, -0.2) is 22.6 Å². The van der Waals surface area contributed by atoms with Crippen LogP contribution in [0.4, 0.5) is 0 Å². The summed E-state index contributed by atoms with van der Waals surface area (Å²) >= 11 is 0. The zero-order valence-electron chi connectivity index (χ0n) is 6.29. The Morgan fingerprint density at radius 2 is 2.10 bits per heavy atom. The summed E-state index contributed by atoms with van der Waals surface area (Å²) in [5.74, 6) is -0.841. The van der Waals surface area contributed by atoms with E-state index in [-0.39, 0.29) is 11.4 Å². The van der Waals surface area contributed by atoms with Crippen LogP contribution in [0.1, 0.15) is 20.3 Å². The molecule has 2 atom stereocenters. The molecule has 0 aromatic rings. The standard InChI is InChI=1S/C6H13NO2.H2O/c1-3-4(2)5(7)6(8)9;/h4-5H,3,7H2,1-2H3,(H,8,9);1H2/t4-,5-;/m0./s1. The Morgan fingerprint density at radius 3 is 2.20 bits per heavy atom. The van der Waals surface area contributed by atoms with E-state index in [1.54, 1.807) is 0 Å². The van der Waals surface area contributed by atoms with E-state index in [4.69, 9.17) is 10.8 Å². The average molecular weight is 149 g/mol. The number of hydrogen-bond acceptors (Lipinski definition) is 2. The van der Waals surface area contributed by atoms with Gasteiger partial charge in [-0.1, -0.05) is 20.3 Å². The monoisotopic (exact) mass is 149 g/mol. The number of rotatable bonds is 3. The zero-order valence-corrected chi connectivity index (χ0v) is 6.29. The van der Waals surface area contributed by atoms with E-state index in [1.165, 1.54) is 0 Å². The van der Waals surface area contributed by atoms with Crippen molar-refractivity contribution in [1.29, 1.82) is 0 Å². The predicted octanol–water partition coefficient (Wildman–Crippen LogP) is -0.380. The van der Waals surface area contributed by atoms with E-state index in [0.717, 1.165) is 6.42 Å². The van der Waals surface area contributed by atoms with E-state index in [1.807, 2.05) is 13.8 Å². The molecule has 62 valence electrons. The molecule has 0 heterocycles. The minimum Gasteiger partial charge on any atom is -0.480 e. The summed E-state index contributed by atoms with van der Waals surface area (Å²) in [6.07, 6.45) is 0.813. The van der Waals surface area contributed by atoms with Gasteiger partial charge in [0.25, 0.3) is 0 Å². The molecule has 0 aromatic carbocycles. The van der Waals surface area contributed by atoms with Gasteiger partial charge in [-0.05, 0) is 5.92 Å². The van der Waals surface area contributed by atoms with Crippen molar-refractivity contribution in [3.8, 4) is 0 Å². The number of carbonyl (C=O) groups is 1. The van der Waals surface area contributed by atoms with Crippen LogP contribution in [0.2, 0.25) is 0 Å². The summed E-state index contributed by atoms with van der Waals surface area (Å²) in [5.41, 5.74) is 5.27. The van der Waals surface area contributed by atoms with Gasteiger partial charge in [0, 0.05) is 0 Å². The molecular weight excluding hydrogens is 134 g/mol. The number of nitrogens with two attached hydrogens (primary N) is 1. The summed E-state index contributed by atoms with van der Waals surface area (Å²) in [6, 6.07) is -0.699. The Morgan fingerprint density at radius 1 is 1.70 bits per heavy atom. The van der Waals surface area contributed by atoms with Crippen LogP contribution in [0, 0.1) is 5.92 Å².